The van der Waals surface area contributed by atoms with E-state index in [4.69, 9.17) is 0 Å². The summed E-state index contributed by atoms with van der Waals surface area (Å²) in [6.07, 6.45) is 0. The fraction of sp³-hybridized carbons (Fsp3) is 0.211. The van der Waals surface area contributed by atoms with Crippen LogP contribution in [0, 0.1) is 12.7 Å². The van der Waals surface area contributed by atoms with Crippen molar-refractivity contribution >= 4 is 29.2 Å². The summed E-state index contributed by atoms with van der Waals surface area (Å²) in [7, 11) is 0. The van der Waals surface area contributed by atoms with Gasteiger partial charge in [0.05, 0.1) is 0 Å². The van der Waals surface area contributed by atoms with Gasteiger partial charge in [-0.2, -0.15) is 0 Å². The van der Waals surface area contributed by atoms with Crippen LogP contribution in [-0.4, -0.2) is 35.3 Å². The number of aryl methyl sites for hydroxylation is 1. The monoisotopic (exact) mass is 355 g/mol. The summed E-state index contributed by atoms with van der Waals surface area (Å²) in [5, 5.41) is 2.66. The average Bonchev–Trinajstić information content (AvgIpc) is 2.82. The fourth-order valence-corrected chi connectivity index (χ4v) is 2.79. The molecule has 1 aliphatic heterocycles. The van der Waals surface area contributed by atoms with Gasteiger partial charge >= 0.3 is 6.03 Å². The minimum absolute atomic E-state index is 0.381. The normalized spacial score (nSPS) is 17.0. The molecule has 0 aromatic heterocycles. The van der Waals surface area contributed by atoms with E-state index in [0.29, 0.717) is 11.4 Å². The molecule has 1 heterocycles. The van der Waals surface area contributed by atoms with Crippen molar-refractivity contribution in [2.45, 2.75) is 19.9 Å². The first-order chi connectivity index (χ1) is 12.4. The van der Waals surface area contributed by atoms with Gasteiger partial charge in [-0.05, 0) is 50.2 Å². The zero-order chi connectivity index (χ0) is 18.8. The third kappa shape index (κ3) is 3.42. The summed E-state index contributed by atoms with van der Waals surface area (Å²) in [6.45, 7) is 3.12. The Labute approximate surface area is 150 Å². The minimum Gasteiger partial charge on any atom is -0.325 e. The third-order valence-corrected chi connectivity index (χ3v) is 4.19. The van der Waals surface area contributed by atoms with Gasteiger partial charge in [-0.25, -0.2) is 9.18 Å². The van der Waals surface area contributed by atoms with E-state index >= 15 is 0 Å². The lowest BCUT2D eigenvalue weighted by Crippen LogP contribution is -2.39. The highest BCUT2D eigenvalue weighted by Crippen LogP contribution is 2.26. The fourth-order valence-electron chi connectivity index (χ4n) is 2.79. The van der Waals surface area contributed by atoms with E-state index in [-0.39, 0.29) is 6.54 Å². The van der Waals surface area contributed by atoms with Crippen LogP contribution in [-0.2, 0) is 9.59 Å². The lowest BCUT2D eigenvalue weighted by atomic mass is 10.2. The molecule has 1 unspecified atom stereocenters. The van der Waals surface area contributed by atoms with Gasteiger partial charge in [-0.3, -0.25) is 19.4 Å². The molecule has 0 aliphatic carbocycles. The van der Waals surface area contributed by atoms with Crippen LogP contribution < -0.4 is 10.2 Å². The van der Waals surface area contributed by atoms with Gasteiger partial charge in [0, 0.05) is 11.4 Å². The topological polar surface area (TPSA) is 69.7 Å². The molecular weight excluding hydrogens is 337 g/mol. The van der Waals surface area contributed by atoms with Crippen LogP contribution in [0.4, 0.5) is 20.6 Å². The Morgan fingerprint density at radius 1 is 1.08 bits per heavy atom. The number of nitrogens with one attached hydrogen (secondary N) is 1. The predicted molar refractivity (Wildman–Crippen MR) is 95.3 cm³/mol. The molecule has 0 radical (unpaired) electrons. The van der Waals surface area contributed by atoms with Crippen molar-refractivity contribution in [2.75, 3.05) is 16.8 Å². The molecule has 2 aromatic carbocycles. The van der Waals surface area contributed by atoms with Gasteiger partial charge in [-0.1, -0.05) is 17.7 Å². The van der Waals surface area contributed by atoms with Crippen molar-refractivity contribution in [3.63, 3.8) is 0 Å². The van der Waals surface area contributed by atoms with Crippen LogP contribution in [0.2, 0.25) is 0 Å². The first-order valence-corrected chi connectivity index (χ1v) is 8.13. The summed E-state index contributed by atoms with van der Waals surface area (Å²) in [4.78, 5) is 39.4. The molecule has 1 aliphatic rings. The average molecular weight is 355 g/mol. The van der Waals surface area contributed by atoms with Gasteiger partial charge in [0.15, 0.2) is 0 Å². The Morgan fingerprint density at radius 3 is 2.31 bits per heavy atom. The molecule has 1 atom stereocenters. The van der Waals surface area contributed by atoms with Crippen LogP contribution in [0.1, 0.15) is 12.5 Å². The highest BCUT2D eigenvalue weighted by molar-refractivity contribution is 6.16. The maximum absolute atomic E-state index is 13.1. The highest BCUT2D eigenvalue weighted by Gasteiger charge is 2.44. The second-order valence-corrected chi connectivity index (χ2v) is 6.14. The summed E-state index contributed by atoms with van der Waals surface area (Å²) in [6, 6.07) is 11.1. The maximum atomic E-state index is 13.1. The molecule has 26 heavy (non-hydrogen) atoms. The lowest BCUT2D eigenvalue weighted by Gasteiger charge is -2.19. The zero-order valence-electron chi connectivity index (χ0n) is 14.4. The number of nitrogens with zero attached hydrogens (tertiary/aromatic N) is 2. The quantitative estimate of drug-likeness (QED) is 0.858. The largest absolute Gasteiger partial charge is 0.332 e. The number of imide groups is 1. The van der Waals surface area contributed by atoms with E-state index in [9.17, 15) is 18.8 Å². The molecule has 1 fully saturated rings. The molecule has 6 nitrogen and oxygen atoms in total. The molecule has 7 heteroatoms. The highest BCUT2D eigenvalue weighted by atomic mass is 19.1. The predicted octanol–water partition coefficient (Wildman–Crippen LogP) is 2.93. The Morgan fingerprint density at radius 2 is 1.69 bits per heavy atom. The molecule has 0 spiro atoms. The van der Waals surface area contributed by atoms with Gasteiger partial charge in [-0.15, -0.1) is 0 Å². The third-order valence-electron chi connectivity index (χ3n) is 4.19. The number of benzene rings is 2. The Hall–Kier alpha value is -3.22. The molecular formula is C19H18FN3O3. The van der Waals surface area contributed by atoms with E-state index in [1.807, 2.05) is 19.1 Å². The van der Waals surface area contributed by atoms with E-state index in [0.717, 1.165) is 10.5 Å². The van der Waals surface area contributed by atoms with Crippen molar-refractivity contribution in [1.29, 1.82) is 0 Å². The standard InChI is InChI=1S/C19H18FN3O3/c1-12-3-7-15(8-4-12)21-17(24)11-22-18(25)13(2)23(19(22)26)16-9-5-14(20)6-10-16/h3-10,13H,11H2,1-2H3,(H,21,24). The summed E-state index contributed by atoms with van der Waals surface area (Å²) < 4.78 is 13.1. The van der Waals surface area contributed by atoms with Gasteiger partial charge in [0.2, 0.25) is 5.91 Å². The first-order valence-electron chi connectivity index (χ1n) is 8.13. The zero-order valence-corrected chi connectivity index (χ0v) is 14.4. The smallest absolute Gasteiger partial charge is 0.325 e. The summed E-state index contributed by atoms with van der Waals surface area (Å²) >= 11 is 0. The Balaban J connectivity index is 1.72. The number of anilines is 2. The van der Waals surface area contributed by atoms with Gasteiger partial charge in [0.1, 0.15) is 18.4 Å². The number of urea groups is 1. The van der Waals surface area contributed by atoms with E-state index < -0.39 is 29.7 Å². The van der Waals surface area contributed by atoms with Crippen molar-refractivity contribution in [3.05, 3.63) is 59.9 Å². The second kappa shape index (κ2) is 6.95. The molecule has 0 bridgehead atoms. The van der Waals surface area contributed by atoms with Crippen LogP contribution in [0.3, 0.4) is 0 Å². The van der Waals surface area contributed by atoms with E-state index in [1.165, 1.54) is 29.2 Å². The molecule has 3 rings (SSSR count). The van der Waals surface area contributed by atoms with Crippen LogP contribution >= 0.6 is 0 Å². The van der Waals surface area contributed by atoms with E-state index in [2.05, 4.69) is 5.32 Å². The molecule has 0 saturated carbocycles. The number of halogens is 1. The van der Waals surface area contributed by atoms with Crippen LogP contribution in [0.25, 0.3) is 0 Å². The van der Waals surface area contributed by atoms with E-state index in [1.54, 1.807) is 19.1 Å². The molecule has 1 saturated heterocycles. The molecule has 1 N–H and O–H groups in total. The van der Waals surface area contributed by atoms with Crippen LogP contribution in [0.5, 0.6) is 0 Å². The Kier molecular flexibility index (Phi) is 4.71. The van der Waals surface area contributed by atoms with Crippen molar-refractivity contribution < 1.29 is 18.8 Å². The maximum Gasteiger partial charge on any atom is 0.332 e. The summed E-state index contributed by atoms with van der Waals surface area (Å²) in [5.74, 6) is -1.38. The first kappa shape index (κ1) is 17.6. The SMILES string of the molecule is Cc1ccc(NC(=O)CN2C(=O)C(C)N(c3ccc(F)cc3)C2=O)cc1. The number of hydrogen-bond acceptors (Lipinski definition) is 3. The number of carbonyl (C=O) groups is 3. The van der Waals surface area contributed by atoms with Gasteiger partial charge in [0.25, 0.3) is 5.91 Å². The molecule has 134 valence electrons. The van der Waals surface area contributed by atoms with Crippen molar-refractivity contribution in [2.24, 2.45) is 0 Å². The lowest BCUT2D eigenvalue weighted by molar-refractivity contribution is -0.130. The van der Waals surface area contributed by atoms with Crippen LogP contribution in [0.15, 0.2) is 48.5 Å². The minimum atomic E-state index is -0.764. The van der Waals surface area contributed by atoms with Gasteiger partial charge < -0.3 is 5.32 Å². The van der Waals surface area contributed by atoms with Crippen molar-refractivity contribution in [1.82, 2.24) is 4.90 Å². The second-order valence-electron chi connectivity index (χ2n) is 6.14. The molecule has 2 aromatic rings. The Bertz CT molecular complexity index is 849. The van der Waals surface area contributed by atoms with Crippen molar-refractivity contribution in [3.8, 4) is 0 Å². The molecule has 4 amide bonds. The number of carbonyl (C=O) groups excluding carboxylic acids is 3. The number of rotatable bonds is 4. The summed E-state index contributed by atoms with van der Waals surface area (Å²) in [5.41, 5.74) is 2.04. The number of amides is 4. The number of hydrogen-bond donors (Lipinski definition) is 1.